The van der Waals surface area contributed by atoms with Crippen LogP contribution in [0.25, 0.3) is 0 Å². The molecule has 0 unspecified atom stereocenters. The van der Waals surface area contributed by atoms with Crippen LogP contribution >= 0.6 is 15.9 Å². The summed E-state index contributed by atoms with van der Waals surface area (Å²) in [5.74, 6) is -0.180. The van der Waals surface area contributed by atoms with Crippen LogP contribution in [0, 0.1) is 5.41 Å². The van der Waals surface area contributed by atoms with Gasteiger partial charge >= 0.3 is 6.09 Å². The summed E-state index contributed by atoms with van der Waals surface area (Å²) in [4.78, 5) is 12.9. The van der Waals surface area contributed by atoms with E-state index in [2.05, 4.69) is 15.9 Å². The van der Waals surface area contributed by atoms with Crippen LogP contribution in [0.5, 0.6) is 0 Å². The van der Waals surface area contributed by atoms with Crippen molar-refractivity contribution >= 4 is 27.9 Å². The van der Waals surface area contributed by atoms with E-state index in [1.54, 1.807) is 27.8 Å². The largest absolute Gasteiger partial charge is 0.444 e. The highest BCUT2D eigenvalue weighted by atomic mass is 79.9. The van der Waals surface area contributed by atoms with Crippen molar-refractivity contribution < 1.29 is 9.53 Å². The van der Waals surface area contributed by atoms with Gasteiger partial charge in [-0.15, -0.1) is 0 Å². The minimum absolute atomic E-state index is 0.134. The molecule has 0 rings (SSSR count). The van der Waals surface area contributed by atoms with Crippen molar-refractivity contribution in [1.29, 1.82) is 5.41 Å². The van der Waals surface area contributed by atoms with Crippen molar-refractivity contribution in [2.75, 3.05) is 13.6 Å². The number of carbonyl (C=O) groups is 1. The molecular formula is C10H19BrN4O2. The average Bonchev–Trinajstić information content (AvgIpc) is 2.13. The number of nitrogens with one attached hydrogen (secondary N) is 1. The van der Waals surface area contributed by atoms with Crippen molar-refractivity contribution in [3.8, 4) is 0 Å². The second kappa shape index (κ2) is 5.90. The third-order valence-corrected chi connectivity index (χ3v) is 2.57. The number of rotatable bonds is 3. The maximum atomic E-state index is 11.6. The normalized spacial score (nSPS) is 12.8. The van der Waals surface area contributed by atoms with Gasteiger partial charge in [-0.25, -0.2) is 4.79 Å². The Morgan fingerprint density at radius 1 is 1.41 bits per heavy atom. The second-order valence-electron chi connectivity index (χ2n) is 4.59. The molecule has 0 saturated heterocycles. The number of nitrogens with zero attached hydrogens (tertiary/aromatic N) is 1. The Bertz CT molecular complexity index is 347. The van der Waals surface area contributed by atoms with E-state index < -0.39 is 11.7 Å². The first kappa shape index (κ1) is 15.8. The average molecular weight is 307 g/mol. The Morgan fingerprint density at radius 2 is 1.88 bits per heavy atom. The zero-order valence-corrected chi connectivity index (χ0v) is 12.1. The fourth-order valence-corrected chi connectivity index (χ4v) is 1.03. The van der Waals surface area contributed by atoms with Crippen LogP contribution in [0.4, 0.5) is 4.79 Å². The lowest BCUT2D eigenvalue weighted by Gasteiger charge is -2.24. The van der Waals surface area contributed by atoms with E-state index in [4.69, 9.17) is 21.6 Å². The molecule has 1 amide bonds. The number of amidine groups is 1. The molecule has 6 nitrogen and oxygen atoms in total. The molecule has 98 valence electrons. The van der Waals surface area contributed by atoms with Crippen molar-refractivity contribution in [2.24, 2.45) is 11.5 Å². The van der Waals surface area contributed by atoms with E-state index in [0.717, 1.165) is 0 Å². The van der Waals surface area contributed by atoms with Crippen molar-refractivity contribution in [3.05, 3.63) is 10.2 Å². The lowest BCUT2D eigenvalue weighted by atomic mass is 10.2. The van der Waals surface area contributed by atoms with Crippen LogP contribution in [0.3, 0.4) is 0 Å². The van der Waals surface area contributed by atoms with Gasteiger partial charge in [0, 0.05) is 12.7 Å². The van der Waals surface area contributed by atoms with Gasteiger partial charge in [0.25, 0.3) is 0 Å². The van der Waals surface area contributed by atoms with Crippen LogP contribution in [0.15, 0.2) is 10.2 Å². The quantitative estimate of drug-likeness (QED) is 0.540. The number of likely N-dealkylation sites (N-methyl/N-ethyl adjacent to an activating group) is 1. The number of hydrogen-bond acceptors (Lipinski definition) is 4. The third kappa shape index (κ3) is 6.15. The third-order valence-electron chi connectivity index (χ3n) is 1.63. The number of ether oxygens (including phenoxy) is 1. The summed E-state index contributed by atoms with van der Waals surface area (Å²) < 4.78 is 5.43. The van der Waals surface area contributed by atoms with Gasteiger partial charge in [-0.3, -0.25) is 5.41 Å². The zero-order valence-electron chi connectivity index (χ0n) is 10.5. The fourth-order valence-electron chi connectivity index (χ4n) is 0.902. The highest BCUT2D eigenvalue weighted by Crippen LogP contribution is 2.12. The van der Waals surface area contributed by atoms with Gasteiger partial charge < -0.3 is 21.1 Å². The summed E-state index contributed by atoms with van der Waals surface area (Å²) in [6.07, 6.45) is -0.482. The summed E-state index contributed by atoms with van der Waals surface area (Å²) in [6, 6.07) is 0. The monoisotopic (exact) mass is 306 g/mol. The van der Waals surface area contributed by atoms with E-state index in [0.29, 0.717) is 5.70 Å². The first-order chi connectivity index (χ1) is 7.54. The van der Waals surface area contributed by atoms with E-state index in [1.807, 2.05) is 0 Å². The van der Waals surface area contributed by atoms with Crippen LogP contribution in [-0.2, 0) is 4.74 Å². The fraction of sp³-hybridized carbons (Fsp3) is 0.600. The van der Waals surface area contributed by atoms with Crippen LogP contribution in [-0.4, -0.2) is 36.0 Å². The van der Waals surface area contributed by atoms with Gasteiger partial charge in [-0.05, 0) is 36.7 Å². The van der Waals surface area contributed by atoms with Gasteiger partial charge in [-0.1, -0.05) is 0 Å². The molecule has 0 aromatic carbocycles. The number of amides is 1. The standard InChI is InChI=1S/C10H19BrN4O2/c1-10(2,3)17-9(16)15(4)5-6(12)7(11)8(13)14/h5,12H2,1-4H3,(H3,13,14). The Morgan fingerprint density at radius 3 is 2.24 bits per heavy atom. The van der Waals surface area contributed by atoms with E-state index in [1.165, 1.54) is 4.90 Å². The molecule has 5 N–H and O–H groups in total. The van der Waals surface area contributed by atoms with Gasteiger partial charge in [0.2, 0.25) is 0 Å². The first-order valence-electron chi connectivity index (χ1n) is 4.97. The molecule has 0 aliphatic carbocycles. The minimum Gasteiger partial charge on any atom is -0.444 e. The van der Waals surface area contributed by atoms with E-state index in [-0.39, 0.29) is 16.9 Å². The van der Waals surface area contributed by atoms with Crippen molar-refractivity contribution in [1.82, 2.24) is 4.90 Å². The molecule has 0 spiro atoms. The molecule has 17 heavy (non-hydrogen) atoms. The Kier molecular flexibility index (Phi) is 5.47. The van der Waals surface area contributed by atoms with Crippen LogP contribution in [0.1, 0.15) is 20.8 Å². The summed E-state index contributed by atoms with van der Waals surface area (Å²) in [5, 5.41) is 7.18. The van der Waals surface area contributed by atoms with Gasteiger partial charge in [-0.2, -0.15) is 0 Å². The molecule has 7 heteroatoms. The topological polar surface area (TPSA) is 105 Å². The minimum atomic E-state index is -0.554. The number of nitrogens with two attached hydrogens (primary N) is 2. The predicted molar refractivity (Wildman–Crippen MR) is 70.9 cm³/mol. The molecule has 0 aliphatic heterocycles. The zero-order chi connectivity index (χ0) is 13.8. The Balaban J connectivity index is 4.56. The number of hydrogen-bond donors (Lipinski definition) is 3. The lowest BCUT2D eigenvalue weighted by molar-refractivity contribution is 0.0313. The maximum absolute atomic E-state index is 11.6. The summed E-state index contributed by atoms with van der Waals surface area (Å²) in [5.41, 5.74) is 10.7. The highest BCUT2D eigenvalue weighted by Gasteiger charge is 2.20. The lowest BCUT2D eigenvalue weighted by Crippen LogP contribution is -2.36. The van der Waals surface area contributed by atoms with Crippen molar-refractivity contribution in [2.45, 2.75) is 26.4 Å². The molecule has 0 bridgehead atoms. The molecule has 0 heterocycles. The van der Waals surface area contributed by atoms with Gasteiger partial charge in [0.05, 0.1) is 11.0 Å². The van der Waals surface area contributed by atoms with Crippen LogP contribution < -0.4 is 11.5 Å². The van der Waals surface area contributed by atoms with E-state index in [9.17, 15) is 4.79 Å². The highest BCUT2D eigenvalue weighted by molar-refractivity contribution is 9.12. The summed E-state index contributed by atoms with van der Waals surface area (Å²) in [7, 11) is 1.56. The Hall–Kier alpha value is -1.24. The molecule has 0 saturated carbocycles. The SMILES string of the molecule is CN(CC(N)=C(Br)C(=N)N)C(=O)OC(C)(C)C. The molecular weight excluding hydrogens is 288 g/mol. The number of carbonyl (C=O) groups excluding carboxylic acids is 1. The molecule has 0 fully saturated rings. The molecule has 0 aromatic heterocycles. The second-order valence-corrected chi connectivity index (χ2v) is 5.38. The number of halogens is 1. The maximum Gasteiger partial charge on any atom is 0.410 e. The molecule has 0 aromatic rings. The predicted octanol–water partition coefficient (Wildman–Crippen LogP) is 1.35. The first-order valence-corrected chi connectivity index (χ1v) is 5.76. The summed E-state index contributed by atoms with van der Waals surface area (Å²) in [6.45, 7) is 5.48. The smallest absolute Gasteiger partial charge is 0.410 e. The van der Waals surface area contributed by atoms with Crippen molar-refractivity contribution in [3.63, 3.8) is 0 Å². The van der Waals surface area contributed by atoms with Gasteiger partial charge in [0.1, 0.15) is 11.4 Å². The van der Waals surface area contributed by atoms with Crippen LogP contribution in [0.2, 0.25) is 0 Å². The molecule has 0 aliphatic rings. The summed E-state index contributed by atoms with van der Waals surface area (Å²) >= 11 is 3.07. The molecule has 0 radical (unpaired) electrons. The Labute approximate surface area is 110 Å². The van der Waals surface area contributed by atoms with E-state index >= 15 is 0 Å². The molecule has 0 atom stereocenters. The van der Waals surface area contributed by atoms with Gasteiger partial charge in [0.15, 0.2) is 0 Å².